The fraction of sp³-hybridized carbons (Fsp3) is 0.250. The lowest BCUT2D eigenvalue weighted by molar-refractivity contribution is 0.230. The van der Waals surface area contributed by atoms with Gasteiger partial charge in [0.05, 0.1) is 6.10 Å². The van der Waals surface area contributed by atoms with Crippen LogP contribution in [0.5, 0.6) is 0 Å². The summed E-state index contributed by atoms with van der Waals surface area (Å²) in [5.41, 5.74) is 5.84. The van der Waals surface area contributed by atoms with E-state index in [1.54, 1.807) is 31.2 Å². The van der Waals surface area contributed by atoms with Gasteiger partial charge in [0, 0.05) is 5.70 Å². The minimum atomic E-state index is -0.575. The fourth-order valence-electron chi connectivity index (χ4n) is 0.384. The zero-order chi connectivity index (χ0) is 7.98. The Morgan fingerprint density at radius 1 is 1.60 bits per heavy atom. The summed E-state index contributed by atoms with van der Waals surface area (Å²) in [6, 6.07) is 0. The van der Waals surface area contributed by atoms with Crippen molar-refractivity contribution in [2.24, 2.45) is 5.73 Å². The Kier molecular flexibility index (Phi) is 4.33. The Morgan fingerprint density at radius 3 is 2.60 bits per heavy atom. The second-order valence-corrected chi connectivity index (χ2v) is 1.96. The lowest BCUT2D eigenvalue weighted by Gasteiger charge is -2.00. The minimum absolute atomic E-state index is 0.457. The molecule has 0 bridgehead atoms. The van der Waals surface area contributed by atoms with E-state index in [1.165, 1.54) is 0 Å². The molecule has 1 unspecified atom stereocenters. The first kappa shape index (κ1) is 8.98. The molecule has 0 aromatic heterocycles. The van der Waals surface area contributed by atoms with Crippen LogP contribution in [0.1, 0.15) is 6.92 Å². The maximum atomic E-state index is 8.87. The first-order chi connectivity index (χ1) is 4.68. The van der Waals surface area contributed by atoms with E-state index < -0.39 is 6.10 Å². The summed E-state index contributed by atoms with van der Waals surface area (Å²) < 4.78 is 0. The predicted octanol–water partition coefficient (Wildman–Crippen LogP) is 0.952. The van der Waals surface area contributed by atoms with Gasteiger partial charge in [-0.2, -0.15) is 0 Å². The Balaban J connectivity index is 3.91. The van der Waals surface area contributed by atoms with Gasteiger partial charge < -0.3 is 10.8 Å². The van der Waals surface area contributed by atoms with Gasteiger partial charge in [-0.3, -0.25) is 0 Å². The molecule has 2 heteroatoms. The average Bonchev–Trinajstić information content (AvgIpc) is 1.88. The van der Waals surface area contributed by atoms with Crippen LogP contribution in [0.3, 0.4) is 0 Å². The van der Waals surface area contributed by atoms with Crippen molar-refractivity contribution in [2.45, 2.75) is 13.0 Å². The molecule has 0 aliphatic rings. The van der Waals surface area contributed by atoms with E-state index in [0.717, 1.165) is 0 Å². The number of hydrogen-bond donors (Lipinski definition) is 2. The molecule has 0 spiro atoms. The third kappa shape index (κ3) is 3.92. The van der Waals surface area contributed by atoms with Crippen LogP contribution < -0.4 is 5.73 Å². The van der Waals surface area contributed by atoms with Crippen molar-refractivity contribution >= 4 is 0 Å². The van der Waals surface area contributed by atoms with Crippen LogP contribution >= 0.6 is 0 Å². The number of rotatable bonds is 3. The van der Waals surface area contributed by atoms with Gasteiger partial charge in [0.25, 0.3) is 0 Å². The van der Waals surface area contributed by atoms with E-state index in [4.69, 9.17) is 10.8 Å². The third-order valence-electron chi connectivity index (χ3n) is 1.02. The van der Waals surface area contributed by atoms with Gasteiger partial charge >= 0.3 is 0 Å². The Labute approximate surface area is 61.4 Å². The molecule has 0 saturated heterocycles. The topological polar surface area (TPSA) is 46.2 Å². The van der Waals surface area contributed by atoms with Crippen molar-refractivity contribution in [1.82, 2.24) is 0 Å². The number of hydrogen-bond acceptors (Lipinski definition) is 2. The van der Waals surface area contributed by atoms with E-state index in [9.17, 15) is 0 Å². The summed E-state index contributed by atoms with van der Waals surface area (Å²) in [7, 11) is 0. The standard InChI is InChI=1S/C8H13NO/c1-3-4-5-6-8(9)7(2)10/h3-7,10H,1,9H2,2H3/b5-4-,8-6-. The van der Waals surface area contributed by atoms with Crippen molar-refractivity contribution in [2.75, 3.05) is 0 Å². The number of aliphatic hydroxyl groups is 1. The molecular formula is C8H13NO. The van der Waals surface area contributed by atoms with Gasteiger partial charge in [-0.05, 0) is 13.0 Å². The molecular weight excluding hydrogens is 126 g/mol. The lowest BCUT2D eigenvalue weighted by Crippen LogP contribution is -2.12. The van der Waals surface area contributed by atoms with Crippen molar-refractivity contribution in [3.8, 4) is 0 Å². The van der Waals surface area contributed by atoms with Gasteiger partial charge in [0.2, 0.25) is 0 Å². The molecule has 10 heavy (non-hydrogen) atoms. The van der Waals surface area contributed by atoms with Gasteiger partial charge in [-0.25, -0.2) is 0 Å². The summed E-state index contributed by atoms with van der Waals surface area (Å²) in [6.45, 7) is 5.10. The van der Waals surface area contributed by atoms with Crippen LogP contribution in [0, 0.1) is 0 Å². The van der Waals surface area contributed by atoms with Crippen LogP contribution in [0.2, 0.25) is 0 Å². The second kappa shape index (κ2) is 4.82. The molecule has 0 amide bonds. The highest BCUT2D eigenvalue weighted by Crippen LogP contribution is 1.92. The summed E-state index contributed by atoms with van der Waals surface area (Å²) in [6.07, 6.45) is 6.19. The summed E-state index contributed by atoms with van der Waals surface area (Å²) in [4.78, 5) is 0. The molecule has 56 valence electrons. The van der Waals surface area contributed by atoms with Gasteiger partial charge in [0.15, 0.2) is 0 Å². The zero-order valence-electron chi connectivity index (χ0n) is 6.12. The Morgan fingerprint density at radius 2 is 2.20 bits per heavy atom. The summed E-state index contributed by atoms with van der Waals surface area (Å²) >= 11 is 0. The molecule has 0 saturated carbocycles. The molecule has 0 aromatic carbocycles. The van der Waals surface area contributed by atoms with Crippen molar-refractivity contribution in [3.05, 3.63) is 36.6 Å². The van der Waals surface area contributed by atoms with E-state index in [0.29, 0.717) is 5.70 Å². The van der Waals surface area contributed by atoms with Gasteiger partial charge in [0.1, 0.15) is 0 Å². The SMILES string of the molecule is C=C/C=C\C=C(/N)C(C)O. The number of allylic oxidation sites excluding steroid dienone is 4. The molecule has 0 fully saturated rings. The molecule has 0 heterocycles. The third-order valence-corrected chi connectivity index (χ3v) is 1.02. The van der Waals surface area contributed by atoms with Gasteiger partial charge in [-0.1, -0.05) is 24.8 Å². The molecule has 0 rings (SSSR count). The maximum absolute atomic E-state index is 8.87. The lowest BCUT2D eigenvalue weighted by atomic mass is 10.3. The predicted molar refractivity (Wildman–Crippen MR) is 43.3 cm³/mol. The number of nitrogens with two attached hydrogens (primary N) is 1. The van der Waals surface area contributed by atoms with Crippen LogP contribution in [0.15, 0.2) is 36.6 Å². The zero-order valence-corrected chi connectivity index (χ0v) is 6.12. The monoisotopic (exact) mass is 139 g/mol. The van der Waals surface area contributed by atoms with Crippen LogP contribution in [0.25, 0.3) is 0 Å². The molecule has 1 atom stereocenters. The summed E-state index contributed by atoms with van der Waals surface area (Å²) in [5, 5.41) is 8.87. The van der Waals surface area contributed by atoms with Crippen LogP contribution in [-0.4, -0.2) is 11.2 Å². The largest absolute Gasteiger partial charge is 0.400 e. The highest BCUT2D eigenvalue weighted by atomic mass is 16.3. The van der Waals surface area contributed by atoms with Crippen molar-refractivity contribution in [1.29, 1.82) is 0 Å². The molecule has 0 aliphatic heterocycles. The van der Waals surface area contributed by atoms with Crippen molar-refractivity contribution in [3.63, 3.8) is 0 Å². The van der Waals surface area contributed by atoms with Crippen LogP contribution in [-0.2, 0) is 0 Å². The molecule has 3 N–H and O–H groups in total. The maximum Gasteiger partial charge on any atom is 0.0904 e. The highest BCUT2D eigenvalue weighted by Gasteiger charge is 1.94. The Hall–Kier alpha value is -1.02. The Bertz CT molecular complexity index is 157. The van der Waals surface area contributed by atoms with E-state index >= 15 is 0 Å². The van der Waals surface area contributed by atoms with Crippen LogP contribution in [0.4, 0.5) is 0 Å². The normalized spacial score (nSPS) is 15.6. The van der Waals surface area contributed by atoms with E-state index in [2.05, 4.69) is 6.58 Å². The van der Waals surface area contributed by atoms with E-state index in [-0.39, 0.29) is 0 Å². The van der Waals surface area contributed by atoms with Crippen molar-refractivity contribution < 1.29 is 5.11 Å². The quantitative estimate of drug-likeness (QED) is 0.572. The van der Waals surface area contributed by atoms with Gasteiger partial charge in [-0.15, -0.1) is 0 Å². The number of aliphatic hydroxyl groups excluding tert-OH is 1. The average molecular weight is 139 g/mol. The first-order valence-electron chi connectivity index (χ1n) is 3.11. The van der Waals surface area contributed by atoms with E-state index in [1.807, 2.05) is 0 Å². The molecule has 2 nitrogen and oxygen atoms in total. The second-order valence-electron chi connectivity index (χ2n) is 1.96. The highest BCUT2D eigenvalue weighted by molar-refractivity contribution is 5.15. The summed E-state index contributed by atoms with van der Waals surface area (Å²) in [5.74, 6) is 0. The molecule has 0 aromatic rings. The smallest absolute Gasteiger partial charge is 0.0904 e. The first-order valence-corrected chi connectivity index (χ1v) is 3.11. The molecule has 0 aliphatic carbocycles. The fourth-order valence-corrected chi connectivity index (χ4v) is 0.384. The minimum Gasteiger partial charge on any atom is -0.400 e. The molecule has 0 radical (unpaired) electrons.